The van der Waals surface area contributed by atoms with Gasteiger partial charge in [0.2, 0.25) is 0 Å². The van der Waals surface area contributed by atoms with E-state index in [1.807, 2.05) is 0 Å². The van der Waals surface area contributed by atoms with Crippen molar-refractivity contribution in [1.29, 1.82) is 5.26 Å². The van der Waals surface area contributed by atoms with Crippen LogP contribution in [0.15, 0.2) is 12.1 Å². The zero-order valence-corrected chi connectivity index (χ0v) is 13.8. The maximum atomic E-state index is 14.4. The molecule has 1 unspecified atom stereocenters. The van der Waals surface area contributed by atoms with Crippen LogP contribution in [0.2, 0.25) is 0 Å². The van der Waals surface area contributed by atoms with Gasteiger partial charge in [0.1, 0.15) is 11.4 Å². The summed E-state index contributed by atoms with van der Waals surface area (Å²) in [7, 11) is 0. The fraction of sp³-hybridized carbons (Fsp3) is 0.474. The van der Waals surface area contributed by atoms with Crippen LogP contribution in [-0.4, -0.2) is 22.7 Å². The number of aromatic nitrogens is 1. The molecule has 0 bridgehead atoms. The lowest BCUT2D eigenvalue weighted by molar-refractivity contribution is -0.155. The molecule has 2 heterocycles. The minimum Gasteiger partial charge on any atom is -0.481 e. The van der Waals surface area contributed by atoms with Crippen molar-refractivity contribution in [2.24, 2.45) is 5.92 Å². The summed E-state index contributed by atoms with van der Waals surface area (Å²) in [6, 6.07) is 4.89. The molecule has 25 heavy (non-hydrogen) atoms. The molecule has 2 N–H and O–H groups in total. The van der Waals surface area contributed by atoms with Gasteiger partial charge in [0.25, 0.3) is 0 Å². The minimum atomic E-state index is -0.964. The van der Waals surface area contributed by atoms with Gasteiger partial charge in [0, 0.05) is 5.39 Å². The van der Waals surface area contributed by atoms with E-state index < -0.39 is 17.4 Å². The third-order valence-electron chi connectivity index (χ3n) is 5.69. The molecule has 1 aliphatic carbocycles. The molecule has 1 atom stereocenters. The van der Waals surface area contributed by atoms with Gasteiger partial charge in [0.05, 0.1) is 35.9 Å². The molecule has 0 radical (unpaired) electrons. The Balaban J connectivity index is 2.00. The molecule has 130 valence electrons. The van der Waals surface area contributed by atoms with Crippen molar-refractivity contribution < 1.29 is 19.0 Å². The Morgan fingerprint density at radius 1 is 1.44 bits per heavy atom. The van der Waals surface area contributed by atoms with Crippen LogP contribution in [0.25, 0.3) is 10.9 Å². The Labute approximate surface area is 144 Å². The van der Waals surface area contributed by atoms with Crippen LogP contribution in [0.1, 0.15) is 48.9 Å². The lowest BCUT2D eigenvalue weighted by Gasteiger charge is -2.41. The molecular weight excluding hydrogens is 323 g/mol. The highest BCUT2D eigenvalue weighted by Crippen LogP contribution is 2.50. The van der Waals surface area contributed by atoms with E-state index in [1.54, 1.807) is 0 Å². The van der Waals surface area contributed by atoms with Gasteiger partial charge in [-0.3, -0.25) is 4.79 Å². The van der Waals surface area contributed by atoms with Gasteiger partial charge >= 0.3 is 5.97 Å². The van der Waals surface area contributed by atoms with Gasteiger partial charge < -0.3 is 14.8 Å². The molecule has 2 aliphatic rings. The number of carboxylic acids is 1. The summed E-state index contributed by atoms with van der Waals surface area (Å²) < 4.78 is 20.5. The number of fused-ring (bicyclic) bond motifs is 3. The second kappa shape index (κ2) is 5.85. The van der Waals surface area contributed by atoms with Crippen LogP contribution in [0, 0.1) is 23.1 Å². The Morgan fingerprint density at radius 2 is 2.20 bits per heavy atom. The maximum absolute atomic E-state index is 14.4. The third-order valence-corrected chi connectivity index (χ3v) is 5.69. The quantitative estimate of drug-likeness (QED) is 0.892. The number of benzene rings is 1. The number of carboxylic acid groups (broad SMARTS) is 1. The molecule has 0 saturated heterocycles. The number of nitrogens with zero attached hydrogens (tertiary/aromatic N) is 1. The van der Waals surface area contributed by atoms with Crippen molar-refractivity contribution in [3.8, 4) is 6.07 Å². The van der Waals surface area contributed by atoms with E-state index in [1.165, 1.54) is 12.1 Å². The van der Waals surface area contributed by atoms with Crippen LogP contribution >= 0.6 is 0 Å². The number of aromatic amines is 1. The fourth-order valence-corrected chi connectivity index (χ4v) is 4.67. The Morgan fingerprint density at radius 3 is 2.88 bits per heavy atom. The first-order valence-electron chi connectivity index (χ1n) is 8.66. The van der Waals surface area contributed by atoms with Gasteiger partial charge in [-0.1, -0.05) is 12.8 Å². The monoisotopic (exact) mass is 342 g/mol. The number of ether oxygens (including phenoxy) is 1. The number of nitrogens with one attached hydrogen (secondary N) is 1. The van der Waals surface area contributed by atoms with Gasteiger partial charge in [-0.25, -0.2) is 4.39 Å². The second-order valence-electron chi connectivity index (χ2n) is 6.98. The average Bonchev–Trinajstić information content (AvgIpc) is 3.24. The summed E-state index contributed by atoms with van der Waals surface area (Å²) in [6.45, 7) is 0.380. The molecule has 1 saturated carbocycles. The van der Waals surface area contributed by atoms with Gasteiger partial charge in [-0.05, 0) is 42.9 Å². The molecule has 0 spiro atoms. The largest absolute Gasteiger partial charge is 0.481 e. The highest BCUT2D eigenvalue weighted by Gasteiger charge is 2.49. The van der Waals surface area contributed by atoms with Crippen molar-refractivity contribution >= 4 is 16.9 Å². The fourth-order valence-electron chi connectivity index (χ4n) is 4.67. The normalized spacial score (nSPS) is 23.5. The number of aliphatic carboxylic acids is 1. The Bertz CT molecular complexity index is 892. The molecular formula is C19H19FN2O3. The number of hydrogen-bond acceptors (Lipinski definition) is 3. The zero-order chi connectivity index (χ0) is 17.6. The predicted molar refractivity (Wildman–Crippen MR) is 88.5 cm³/mol. The molecule has 6 heteroatoms. The maximum Gasteiger partial charge on any atom is 0.306 e. The lowest BCUT2D eigenvalue weighted by atomic mass is 9.77. The molecule has 1 aromatic carbocycles. The molecule has 2 aromatic rings. The average molecular weight is 342 g/mol. The SMILES string of the molecule is N#Cc1ccc(F)c2[nH]c3c(c12)CCOC3(CC(=O)O)C1CCCC1. The van der Waals surface area contributed by atoms with E-state index in [-0.39, 0.29) is 17.9 Å². The number of hydrogen-bond donors (Lipinski definition) is 2. The van der Waals surface area contributed by atoms with Crippen LogP contribution < -0.4 is 0 Å². The summed E-state index contributed by atoms with van der Waals surface area (Å²) >= 11 is 0. The summed E-state index contributed by atoms with van der Waals surface area (Å²) in [5.74, 6) is -1.28. The lowest BCUT2D eigenvalue weighted by Crippen LogP contribution is -2.43. The van der Waals surface area contributed by atoms with Crippen LogP contribution in [-0.2, 0) is 21.6 Å². The van der Waals surface area contributed by atoms with Gasteiger partial charge in [-0.15, -0.1) is 0 Å². The zero-order valence-electron chi connectivity index (χ0n) is 13.8. The highest BCUT2D eigenvalue weighted by atomic mass is 19.1. The standard InChI is InChI=1S/C19H19FN2O3/c20-14-6-5-11(10-21)16-13-7-8-25-19(9-15(23)24,12-3-1-2-4-12)18(13)22-17(14)16/h5-6,12,22H,1-4,7-9H2,(H,23,24). The van der Waals surface area contributed by atoms with Crippen molar-refractivity contribution in [3.05, 3.63) is 34.8 Å². The van der Waals surface area contributed by atoms with E-state index in [0.717, 1.165) is 31.2 Å². The number of carbonyl (C=O) groups is 1. The van der Waals surface area contributed by atoms with Crippen molar-refractivity contribution in [3.63, 3.8) is 0 Å². The van der Waals surface area contributed by atoms with E-state index in [0.29, 0.717) is 29.7 Å². The smallest absolute Gasteiger partial charge is 0.306 e. The summed E-state index contributed by atoms with van der Waals surface area (Å²) in [4.78, 5) is 14.7. The molecule has 1 aromatic heterocycles. The van der Waals surface area contributed by atoms with Crippen LogP contribution in [0.3, 0.4) is 0 Å². The number of rotatable bonds is 3. The number of nitriles is 1. The van der Waals surface area contributed by atoms with Crippen molar-refractivity contribution in [2.75, 3.05) is 6.61 Å². The Kier molecular flexibility index (Phi) is 3.77. The number of halogens is 1. The first-order chi connectivity index (χ1) is 12.1. The second-order valence-corrected chi connectivity index (χ2v) is 6.98. The summed E-state index contributed by atoms with van der Waals surface area (Å²) in [5, 5.41) is 19.5. The van der Waals surface area contributed by atoms with Crippen molar-refractivity contribution in [2.45, 2.75) is 44.1 Å². The molecule has 0 amide bonds. The topological polar surface area (TPSA) is 86.1 Å². The van der Waals surface area contributed by atoms with E-state index in [4.69, 9.17) is 4.74 Å². The third kappa shape index (κ3) is 2.34. The molecule has 5 nitrogen and oxygen atoms in total. The highest BCUT2D eigenvalue weighted by molar-refractivity contribution is 5.91. The summed E-state index contributed by atoms with van der Waals surface area (Å²) in [6.07, 6.45) is 4.28. The first kappa shape index (κ1) is 16.1. The van der Waals surface area contributed by atoms with Gasteiger partial charge in [-0.2, -0.15) is 5.26 Å². The van der Waals surface area contributed by atoms with E-state index >= 15 is 0 Å². The van der Waals surface area contributed by atoms with Crippen LogP contribution in [0.4, 0.5) is 4.39 Å². The molecule has 4 rings (SSSR count). The predicted octanol–water partition coefficient (Wildman–Crippen LogP) is 3.61. The van der Waals surface area contributed by atoms with Gasteiger partial charge in [0.15, 0.2) is 0 Å². The minimum absolute atomic E-state index is 0.0873. The molecule has 1 aliphatic heterocycles. The van der Waals surface area contributed by atoms with Crippen molar-refractivity contribution in [1.82, 2.24) is 4.98 Å². The van der Waals surface area contributed by atoms with Crippen LogP contribution in [0.5, 0.6) is 0 Å². The summed E-state index contributed by atoms with van der Waals surface area (Å²) in [5.41, 5.74) is 1.22. The Hall–Kier alpha value is -2.39. The molecule has 1 fully saturated rings. The van der Waals surface area contributed by atoms with E-state index in [9.17, 15) is 19.6 Å². The number of H-pyrrole nitrogens is 1. The van der Waals surface area contributed by atoms with E-state index in [2.05, 4.69) is 11.1 Å². The first-order valence-corrected chi connectivity index (χ1v) is 8.66.